The average Bonchev–Trinajstić information content (AvgIpc) is 1.85. The van der Waals surface area contributed by atoms with Crippen molar-refractivity contribution in [2.75, 3.05) is 0 Å². The minimum atomic E-state index is -1.48. The number of carbonyl (C=O) groups is 1. The number of halogens is 4. The van der Waals surface area contributed by atoms with Crippen LogP contribution in [0.1, 0.15) is 13.8 Å². The van der Waals surface area contributed by atoms with E-state index in [1.54, 1.807) is 13.8 Å². The quantitative estimate of drug-likeness (QED) is 0.690. The zero-order valence-corrected chi connectivity index (χ0v) is 9.10. The predicted molar refractivity (Wildman–Crippen MR) is 49.8 cm³/mol. The lowest BCUT2D eigenvalue weighted by Crippen LogP contribution is -2.35. The van der Waals surface area contributed by atoms with Crippen LogP contribution in [-0.4, -0.2) is 15.0 Å². The number of hydrogen-bond donors (Lipinski definition) is 0. The minimum Gasteiger partial charge on any atom is -0.293 e. The van der Waals surface area contributed by atoms with Gasteiger partial charge in [0.25, 0.3) is 0 Å². The van der Waals surface area contributed by atoms with E-state index in [0.717, 1.165) is 0 Å². The first-order valence-corrected chi connectivity index (χ1v) is 4.63. The largest absolute Gasteiger partial charge is 0.293 e. The second kappa shape index (κ2) is 4.18. The van der Waals surface area contributed by atoms with Crippen LogP contribution in [0.3, 0.4) is 0 Å². The first-order chi connectivity index (χ1) is 4.80. The van der Waals surface area contributed by atoms with Crippen LogP contribution < -0.4 is 0 Å². The summed E-state index contributed by atoms with van der Waals surface area (Å²) in [6.07, 6.45) is 0. The second-order valence-corrected chi connectivity index (χ2v) is 4.92. The highest BCUT2D eigenvalue weighted by Gasteiger charge is 2.40. The fourth-order valence-electron chi connectivity index (χ4n) is 0.430. The molecule has 0 N–H and O–H groups in total. The lowest BCUT2D eigenvalue weighted by Gasteiger charge is -2.22. The van der Waals surface area contributed by atoms with E-state index < -0.39 is 15.0 Å². The van der Waals surface area contributed by atoms with E-state index in [1.807, 2.05) is 0 Å². The van der Waals surface area contributed by atoms with Crippen molar-refractivity contribution in [1.29, 1.82) is 0 Å². The van der Waals surface area contributed by atoms with Crippen molar-refractivity contribution in [1.82, 2.24) is 0 Å². The van der Waals surface area contributed by atoms with Crippen LogP contribution in [0, 0.1) is 5.92 Å². The summed E-state index contributed by atoms with van der Waals surface area (Å²) >= 11 is 21.9. The fourth-order valence-corrected chi connectivity index (χ4v) is 1.22. The number of alkyl halides is 4. The Morgan fingerprint density at radius 3 is 1.73 bits per heavy atom. The first kappa shape index (κ1) is 11.8. The van der Waals surface area contributed by atoms with Crippen molar-refractivity contribution in [3.8, 4) is 0 Å². The van der Waals surface area contributed by atoms with Gasteiger partial charge in [-0.05, 0) is 5.92 Å². The molecule has 0 saturated carbocycles. The Labute approximate surface area is 85.9 Å². The molecule has 11 heavy (non-hydrogen) atoms. The molecule has 0 atom stereocenters. The molecule has 0 aliphatic heterocycles. The molecule has 0 spiro atoms. The molecular formula is C6H8Cl4O. The van der Waals surface area contributed by atoms with Crippen molar-refractivity contribution in [3.63, 3.8) is 0 Å². The maximum atomic E-state index is 11.1. The summed E-state index contributed by atoms with van der Waals surface area (Å²) in [4.78, 5) is 9.92. The zero-order chi connectivity index (χ0) is 9.23. The Bertz CT molecular complexity index is 153. The highest BCUT2D eigenvalue weighted by Crippen LogP contribution is 2.34. The smallest absolute Gasteiger partial charge is 0.201 e. The van der Waals surface area contributed by atoms with Gasteiger partial charge in [-0.2, -0.15) is 0 Å². The molecule has 5 heteroatoms. The average molecular weight is 238 g/mol. The number of hydrogen-bond acceptors (Lipinski definition) is 1. The SMILES string of the molecule is CC(C)C(Cl)(Cl)C(=O)C(Cl)Cl. The minimum absolute atomic E-state index is 0.210. The van der Waals surface area contributed by atoms with Crippen molar-refractivity contribution in [2.45, 2.75) is 23.0 Å². The van der Waals surface area contributed by atoms with E-state index in [4.69, 9.17) is 46.4 Å². The van der Waals surface area contributed by atoms with Crippen LogP contribution >= 0.6 is 46.4 Å². The van der Waals surface area contributed by atoms with Crippen LogP contribution in [-0.2, 0) is 4.79 Å². The summed E-state index contributed by atoms with van der Waals surface area (Å²) in [7, 11) is 0. The Balaban J connectivity index is 4.43. The number of ketones is 1. The standard InChI is InChI=1S/C6H8Cl4O/c1-3(2)6(9,10)4(11)5(7)8/h3,5H,1-2H3. The molecule has 0 radical (unpaired) electrons. The molecule has 0 unspecified atom stereocenters. The monoisotopic (exact) mass is 236 g/mol. The predicted octanol–water partition coefficient (Wildman–Crippen LogP) is 3.19. The molecule has 0 amide bonds. The van der Waals surface area contributed by atoms with Crippen molar-refractivity contribution in [3.05, 3.63) is 0 Å². The molecule has 0 aromatic heterocycles. The number of carbonyl (C=O) groups excluding carboxylic acids is 1. The molecule has 0 aromatic carbocycles. The molecule has 66 valence electrons. The summed E-state index contributed by atoms with van der Waals surface area (Å²) < 4.78 is -1.48. The highest BCUT2D eigenvalue weighted by atomic mass is 35.5. The van der Waals surface area contributed by atoms with Gasteiger partial charge in [-0.1, -0.05) is 60.3 Å². The summed E-state index contributed by atoms with van der Waals surface area (Å²) in [6, 6.07) is 0. The molecule has 1 nitrogen and oxygen atoms in total. The van der Waals surface area contributed by atoms with Crippen LogP contribution in [0.25, 0.3) is 0 Å². The van der Waals surface area contributed by atoms with E-state index >= 15 is 0 Å². The van der Waals surface area contributed by atoms with Gasteiger partial charge in [0.05, 0.1) is 0 Å². The van der Waals surface area contributed by atoms with Crippen molar-refractivity contribution in [2.24, 2.45) is 5.92 Å². The van der Waals surface area contributed by atoms with Crippen LogP contribution in [0.5, 0.6) is 0 Å². The molecule has 0 aliphatic rings. The molecule has 0 aliphatic carbocycles. The molecule has 0 saturated heterocycles. The van der Waals surface area contributed by atoms with Crippen LogP contribution in [0.4, 0.5) is 0 Å². The molecular weight excluding hydrogens is 230 g/mol. The zero-order valence-electron chi connectivity index (χ0n) is 6.07. The maximum absolute atomic E-state index is 11.1. The highest BCUT2D eigenvalue weighted by molar-refractivity contribution is 6.66. The van der Waals surface area contributed by atoms with E-state index in [9.17, 15) is 4.79 Å². The number of Topliss-reactive ketones (excluding diaryl/α,β-unsaturated/α-hetero) is 1. The molecule has 0 rings (SSSR count). The third-order valence-electron chi connectivity index (χ3n) is 1.25. The summed E-state index contributed by atoms with van der Waals surface area (Å²) in [6.45, 7) is 3.43. The van der Waals surface area contributed by atoms with Gasteiger partial charge in [0.15, 0.2) is 9.17 Å². The summed E-state index contributed by atoms with van der Waals surface area (Å²) in [5.74, 6) is -0.780. The van der Waals surface area contributed by atoms with Crippen LogP contribution in [0.15, 0.2) is 0 Å². The van der Waals surface area contributed by atoms with Crippen molar-refractivity contribution >= 4 is 52.2 Å². The van der Waals surface area contributed by atoms with E-state index in [1.165, 1.54) is 0 Å². The molecule has 0 bridgehead atoms. The Morgan fingerprint density at radius 1 is 1.27 bits per heavy atom. The summed E-state index contributed by atoms with van der Waals surface area (Å²) in [5.41, 5.74) is 0. The van der Waals surface area contributed by atoms with Gasteiger partial charge in [0, 0.05) is 0 Å². The van der Waals surface area contributed by atoms with Gasteiger partial charge < -0.3 is 0 Å². The van der Waals surface area contributed by atoms with Gasteiger partial charge in [-0.25, -0.2) is 0 Å². The van der Waals surface area contributed by atoms with Gasteiger partial charge in [-0.3, -0.25) is 4.79 Å². The van der Waals surface area contributed by atoms with Gasteiger partial charge in [0.2, 0.25) is 5.78 Å². The van der Waals surface area contributed by atoms with Gasteiger partial charge in [0.1, 0.15) is 0 Å². The second-order valence-electron chi connectivity index (χ2n) is 2.44. The van der Waals surface area contributed by atoms with E-state index in [-0.39, 0.29) is 5.92 Å². The third kappa shape index (κ3) is 2.98. The number of rotatable bonds is 3. The third-order valence-corrected chi connectivity index (χ3v) is 2.89. The van der Waals surface area contributed by atoms with Gasteiger partial charge >= 0.3 is 0 Å². The molecule has 0 aromatic rings. The van der Waals surface area contributed by atoms with Crippen molar-refractivity contribution < 1.29 is 4.79 Å². The molecule has 0 heterocycles. The van der Waals surface area contributed by atoms with Gasteiger partial charge in [-0.15, -0.1) is 0 Å². The normalized spacial score (nSPS) is 12.7. The fraction of sp³-hybridized carbons (Fsp3) is 0.833. The van der Waals surface area contributed by atoms with E-state index in [0.29, 0.717) is 0 Å². The van der Waals surface area contributed by atoms with E-state index in [2.05, 4.69) is 0 Å². The Hall–Kier alpha value is 0.830. The first-order valence-electron chi connectivity index (χ1n) is 3.00. The Kier molecular flexibility index (Phi) is 4.49. The lowest BCUT2D eigenvalue weighted by molar-refractivity contribution is -0.118. The Morgan fingerprint density at radius 2 is 1.64 bits per heavy atom. The lowest BCUT2D eigenvalue weighted by atomic mass is 10.1. The maximum Gasteiger partial charge on any atom is 0.201 e. The molecule has 0 fully saturated rings. The van der Waals surface area contributed by atoms with Crippen LogP contribution in [0.2, 0.25) is 0 Å². The topological polar surface area (TPSA) is 17.1 Å². The summed E-state index contributed by atoms with van der Waals surface area (Å²) in [5, 5.41) is 0.